The summed E-state index contributed by atoms with van der Waals surface area (Å²) in [5.41, 5.74) is 2.99. The van der Waals surface area contributed by atoms with Crippen LogP contribution < -0.4 is 9.47 Å². The second-order valence-corrected chi connectivity index (χ2v) is 6.51. The Morgan fingerprint density at radius 1 is 1.17 bits per heavy atom. The summed E-state index contributed by atoms with van der Waals surface area (Å²) >= 11 is 1.42. The van der Waals surface area contributed by atoms with E-state index in [4.69, 9.17) is 9.47 Å². The van der Waals surface area contributed by atoms with Crippen molar-refractivity contribution in [2.24, 2.45) is 0 Å². The molecule has 122 valence electrons. The fraction of sp³-hybridized carbons (Fsp3) is 0.250. The Bertz CT molecular complexity index is 940. The van der Waals surface area contributed by atoms with Gasteiger partial charge >= 0.3 is 0 Å². The lowest BCUT2D eigenvalue weighted by Gasteiger charge is -2.09. The number of carbonyl (C=O) groups excluding carboxylic acids is 1. The molecular weight excluding hydrogens is 328 g/mol. The van der Waals surface area contributed by atoms with E-state index in [-0.39, 0.29) is 11.0 Å². The second kappa shape index (κ2) is 5.79. The van der Waals surface area contributed by atoms with E-state index in [0.29, 0.717) is 29.1 Å². The molecule has 2 aromatic heterocycles. The Kier molecular flexibility index (Phi) is 3.61. The number of nitrogens with one attached hydrogen (secondary N) is 1. The van der Waals surface area contributed by atoms with Gasteiger partial charge in [-0.3, -0.25) is 4.79 Å². The Morgan fingerprint density at radius 2 is 1.96 bits per heavy atom. The van der Waals surface area contributed by atoms with Crippen LogP contribution in [-0.2, 0) is 6.42 Å². The van der Waals surface area contributed by atoms with Crippen molar-refractivity contribution >= 4 is 28.7 Å². The number of fused-ring (bicyclic) bond motifs is 2. The summed E-state index contributed by atoms with van der Waals surface area (Å²) in [6.45, 7) is 0. The first-order valence-corrected chi connectivity index (χ1v) is 8.19. The number of aromatic nitrogens is 4. The van der Waals surface area contributed by atoms with E-state index in [1.165, 1.54) is 18.1 Å². The molecule has 24 heavy (non-hydrogen) atoms. The molecule has 1 aromatic carbocycles. The average molecular weight is 342 g/mol. The molecule has 1 aliphatic carbocycles. The minimum absolute atomic E-state index is 0.0715. The number of hydrogen-bond donors (Lipinski definition) is 1. The van der Waals surface area contributed by atoms with Gasteiger partial charge in [-0.2, -0.15) is 0 Å². The van der Waals surface area contributed by atoms with Gasteiger partial charge in [-0.05, 0) is 24.1 Å². The summed E-state index contributed by atoms with van der Waals surface area (Å²) in [7, 11) is 3.15. The molecule has 0 radical (unpaired) electrons. The maximum Gasteiger partial charge on any atom is 0.181 e. The zero-order valence-electron chi connectivity index (χ0n) is 13.1. The minimum atomic E-state index is -0.238. The van der Waals surface area contributed by atoms with Crippen LogP contribution in [0.15, 0.2) is 29.8 Å². The Morgan fingerprint density at radius 3 is 2.75 bits per heavy atom. The van der Waals surface area contributed by atoms with Gasteiger partial charge in [-0.15, -0.1) is 0 Å². The molecule has 3 aromatic rings. The highest BCUT2D eigenvalue weighted by Gasteiger charge is 2.33. The van der Waals surface area contributed by atoms with Gasteiger partial charge in [0.1, 0.15) is 16.9 Å². The average Bonchev–Trinajstić information content (AvgIpc) is 3.20. The summed E-state index contributed by atoms with van der Waals surface area (Å²) in [5.74, 6) is 1.27. The van der Waals surface area contributed by atoms with Gasteiger partial charge in [-0.1, -0.05) is 11.8 Å². The highest BCUT2D eigenvalue weighted by molar-refractivity contribution is 8.00. The summed E-state index contributed by atoms with van der Waals surface area (Å²) in [5, 5.41) is 0.487. The number of imidazole rings is 1. The van der Waals surface area contributed by atoms with Gasteiger partial charge in [0.2, 0.25) is 0 Å². The van der Waals surface area contributed by atoms with E-state index >= 15 is 0 Å². The first-order valence-electron chi connectivity index (χ1n) is 7.31. The van der Waals surface area contributed by atoms with E-state index in [1.54, 1.807) is 26.6 Å². The first kappa shape index (κ1) is 14.9. The van der Waals surface area contributed by atoms with Gasteiger partial charge in [-0.25, -0.2) is 15.0 Å². The smallest absolute Gasteiger partial charge is 0.181 e. The fourth-order valence-corrected chi connectivity index (χ4v) is 3.99. The predicted octanol–water partition coefficient (Wildman–Crippen LogP) is 2.27. The molecule has 7 nitrogen and oxygen atoms in total. The van der Waals surface area contributed by atoms with E-state index in [1.807, 2.05) is 6.07 Å². The Hall–Kier alpha value is -2.61. The lowest BCUT2D eigenvalue weighted by atomic mass is 10.1. The van der Waals surface area contributed by atoms with Crippen LogP contribution in [0.4, 0.5) is 0 Å². The lowest BCUT2D eigenvalue weighted by molar-refractivity contribution is 0.1000. The van der Waals surface area contributed by atoms with E-state index in [2.05, 4.69) is 19.9 Å². The van der Waals surface area contributed by atoms with E-state index in [9.17, 15) is 4.79 Å². The van der Waals surface area contributed by atoms with E-state index < -0.39 is 0 Å². The van der Waals surface area contributed by atoms with Gasteiger partial charge in [0, 0.05) is 5.56 Å². The van der Waals surface area contributed by atoms with Crippen LogP contribution in [0.3, 0.4) is 0 Å². The standard InChI is InChI=1S/C16H14N4O3S/c1-22-10-3-8-4-12(14(21)9(8)5-11(10)23-2)24-16-13-15(18-6-17-13)19-7-20-16/h3,5-7,12H,4H2,1-2H3,(H,17,18,19,20). The Balaban J connectivity index is 1.67. The monoisotopic (exact) mass is 342 g/mol. The third-order valence-electron chi connectivity index (χ3n) is 4.01. The van der Waals surface area contributed by atoms with Crippen molar-refractivity contribution < 1.29 is 14.3 Å². The van der Waals surface area contributed by atoms with Crippen LogP contribution in [0.1, 0.15) is 15.9 Å². The van der Waals surface area contributed by atoms with Crippen molar-refractivity contribution in [1.82, 2.24) is 19.9 Å². The van der Waals surface area contributed by atoms with Crippen LogP contribution in [0.25, 0.3) is 11.2 Å². The molecule has 1 N–H and O–H groups in total. The van der Waals surface area contributed by atoms with Crippen molar-refractivity contribution in [1.29, 1.82) is 0 Å². The maximum absolute atomic E-state index is 12.8. The zero-order chi connectivity index (χ0) is 16.7. The molecule has 4 rings (SSSR count). The molecule has 0 saturated heterocycles. The largest absolute Gasteiger partial charge is 0.493 e. The van der Waals surface area contributed by atoms with Gasteiger partial charge in [0.15, 0.2) is 22.9 Å². The fourth-order valence-electron chi connectivity index (χ4n) is 2.85. The highest BCUT2D eigenvalue weighted by Crippen LogP contribution is 2.40. The molecule has 0 amide bonds. The normalized spacial score (nSPS) is 16.4. The number of ether oxygens (including phenoxy) is 2. The maximum atomic E-state index is 12.8. The number of thioether (sulfide) groups is 1. The van der Waals surface area contributed by atoms with Gasteiger partial charge < -0.3 is 14.5 Å². The molecule has 1 aliphatic rings. The molecule has 8 heteroatoms. The number of Topliss-reactive ketones (excluding diaryl/α,β-unsaturated/α-hetero) is 1. The number of ketones is 1. The van der Waals surface area contributed by atoms with Crippen LogP contribution in [0.2, 0.25) is 0 Å². The van der Waals surface area contributed by atoms with Crippen molar-refractivity contribution in [2.45, 2.75) is 16.7 Å². The highest BCUT2D eigenvalue weighted by atomic mass is 32.2. The lowest BCUT2D eigenvalue weighted by Crippen LogP contribution is -2.11. The quantitative estimate of drug-likeness (QED) is 0.727. The zero-order valence-corrected chi connectivity index (χ0v) is 13.9. The van der Waals surface area contributed by atoms with Crippen LogP contribution in [0, 0.1) is 0 Å². The molecule has 0 spiro atoms. The molecule has 0 saturated carbocycles. The number of rotatable bonds is 4. The molecular formula is C16H14N4O3S. The Labute approximate surface area is 141 Å². The van der Waals surface area contributed by atoms with Gasteiger partial charge in [0.25, 0.3) is 0 Å². The molecule has 0 aliphatic heterocycles. The van der Waals surface area contributed by atoms with Crippen molar-refractivity contribution in [3.8, 4) is 11.5 Å². The third kappa shape index (κ3) is 2.30. The minimum Gasteiger partial charge on any atom is -0.493 e. The second-order valence-electron chi connectivity index (χ2n) is 5.32. The molecule has 1 unspecified atom stereocenters. The molecule has 1 atom stereocenters. The first-order chi connectivity index (χ1) is 11.7. The molecule has 0 fully saturated rings. The predicted molar refractivity (Wildman–Crippen MR) is 88.9 cm³/mol. The van der Waals surface area contributed by atoms with Crippen LogP contribution in [-0.4, -0.2) is 45.2 Å². The topological polar surface area (TPSA) is 90.0 Å². The molecule has 0 bridgehead atoms. The van der Waals surface area contributed by atoms with Gasteiger partial charge in [0.05, 0.1) is 25.8 Å². The summed E-state index contributed by atoms with van der Waals surface area (Å²) < 4.78 is 10.6. The van der Waals surface area contributed by atoms with Crippen LogP contribution in [0.5, 0.6) is 11.5 Å². The molecule has 2 heterocycles. The summed E-state index contributed by atoms with van der Waals surface area (Å²) in [6.07, 6.45) is 3.66. The SMILES string of the molecule is COc1cc2c(cc1OC)C(=O)C(Sc1ncnc3nc[nH]c13)C2. The number of H-pyrrole nitrogens is 1. The summed E-state index contributed by atoms with van der Waals surface area (Å²) in [6, 6.07) is 3.63. The number of aromatic amines is 1. The van der Waals surface area contributed by atoms with Crippen molar-refractivity contribution in [2.75, 3.05) is 14.2 Å². The van der Waals surface area contributed by atoms with Crippen LogP contribution >= 0.6 is 11.8 Å². The van der Waals surface area contributed by atoms with E-state index in [0.717, 1.165) is 16.1 Å². The number of benzene rings is 1. The number of hydrogen-bond acceptors (Lipinski definition) is 7. The van der Waals surface area contributed by atoms with Crippen molar-refractivity contribution in [3.63, 3.8) is 0 Å². The summed E-state index contributed by atoms with van der Waals surface area (Å²) in [4.78, 5) is 28.3. The van der Waals surface area contributed by atoms with Crippen molar-refractivity contribution in [3.05, 3.63) is 35.9 Å². The number of methoxy groups -OCH3 is 2. The number of carbonyl (C=O) groups is 1. The third-order valence-corrected chi connectivity index (χ3v) is 5.21. The number of nitrogens with zero attached hydrogens (tertiary/aromatic N) is 3.